The van der Waals surface area contributed by atoms with Gasteiger partial charge in [-0.05, 0) is 18.9 Å². The first-order chi connectivity index (χ1) is 6.66. The molecule has 1 heterocycles. The minimum absolute atomic E-state index is 0.172. The number of nitrogens with zero attached hydrogens (tertiary/aromatic N) is 1. The summed E-state index contributed by atoms with van der Waals surface area (Å²) in [4.78, 5) is 15.4. The Balaban J connectivity index is 2.17. The summed E-state index contributed by atoms with van der Waals surface area (Å²) < 4.78 is 0. The van der Waals surface area contributed by atoms with E-state index in [0.29, 0.717) is 22.4 Å². The minimum atomic E-state index is -0.172. The lowest BCUT2D eigenvalue weighted by Crippen LogP contribution is -2.26. The molecule has 4 nitrogen and oxygen atoms in total. The topological polar surface area (TPSA) is 68.0 Å². The number of hydrogen-bond donors (Lipinski definition) is 2. The van der Waals surface area contributed by atoms with Crippen LogP contribution in [0.5, 0.6) is 0 Å². The number of anilines is 1. The second-order valence-electron chi connectivity index (χ2n) is 3.34. The number of carbonyl (C=O) groups excluding carboxylic acids is 1. The SMILES string of the molecule is Nc1cc(Cl)ncc1C(=O)NC1CC1. The van der Waals surface area contributed by atoms with Gasteiger partial charge in [-0.3, -0.25) is 4.79 Å². The monoisotopic (exact) mass is 211 g/mol. The van der Waals surface area contributed by atoms with Gasteiger partial charge in [0.1, 0.15) is 5.15 Å². The van der Waals surface area contributed by atoms with E-state index in [2.05, 4.69) is 10.3 Å². The Morgan fingerprint density at radius 1 is 1.64 bits per heavy atom. The molecule has 0 aliphatic heterocycles. The highest BCUT2D eigenvalue weighted by molar-refractivity contribution is 6.29. The third kappa shape index (κ3) is 1.96. The fourth-order valence-corrected chi connectivity index (χ4v) is 1.29. The average molecular weight is 212 g/mol. The van der Waals surface area contributed by atoms with Gasteiger partial charge in [0.25, 0.3) is 5.91 Å². The first kappa shape index (κ1) is 9.27. The van der Waals surface area contributed by atoms with Gasteiger partial charge in [0, 0.05) is 17.9 Å². The van der Waals surface area contributed by atoms with Crippen molar-refractivity contribution in [2.24, 2.45) is 0 Å². The normalized spacial score (nSPS) is 15.2. The maximum Gasteiger partial charge on any atom is 0.255 e. The maximum atomic E-state index is 11.6. The molecule has 0 aromatic carbocycles. The summed E-state index contributed by atoms with van der Waals surface area (Å²) in [6.07, 6.45) is 3.49. The Morgan fingerprint density at radius 3 is 2.93 bits per heavy atom. The summed E-state index contributed by atoms with van der Waals surface area (Å²) >= 11 is 5.62. The van der Waals surface area contributed by atoms with E-state index in [1.54, 1.807) is 0 Å². The highest BCUT2D eigenvalue weighted by Gasteiger charge is 2.24. The van der Waals surface area contributed by atoms with E-state index in [0.717, 1.165) is 12.8 Å². The van der Waals surface area contributed by atoms with Crippen molar-refractivity contribution in [2.45, 2.75) is 18.9 Å². The minimum Gasteiger partial charge on any atom is -0.398 e. The number of rotatable bonds is 2. The average Bonchev–Trinajstić information content (AvgIpc) is 2.87. The molecule has 1 fully saturated rings. The zero-order chi connectivity index (χ0) is 10.1. The summed E-state index contributed by atoms with van der Waals surface area (Å²) in [6.45, 7) is 0. The molecule has 0 spiro atoms. The smallest absolute Gasteiger partial charge is 0.255 e. The lowest BCUT2D eigenvalue weighted by molar-refractivity contribution is 0.0951. The van der Waals surface area contributed by atoms with Crippen LogP contribution in [0.4, 0.5) is 5.69 Å². The molecule has 2 rings (SSSR count). The van der Waals surface area contributed by atoms with E-state index in [9.17, 15) is 4.79 Å². The fourth-order valence-electron chi connectivity index (χ4n) is 1.12. The van der Waals surface area contributed by atoms with Crippen molar-refractivity contribution in [1.82, 2.24) is 10.3 Å². The number of nitrogen functional groups attached to an aromatic ring is 1. The lowest BCUT2D eigenvalue weighted by atomic mass is 10.2. The van der Waals surface area contributed by atoms with E-state index in [1.807, 2.05) is 0 Å². The molecule has 1 aliphatic rings. The number of pyridine rings is 1. The number of carbonyl (C=O) groups is 1. The molecule has 0 unspecified atom stereocenters. The number of nitrogens with two attached hydrogens (primary N) is 1. The molecule has 3 N–H and O–H groups in total. The van der Waals surface area contributed by atoms with Gasteiger partial charge in [0.2, 0.25) is 0 Å². The molecule has 0 radical (unpaired) electrons. The largest absolute Gasteiger partial charge is 0.398 e. The van der Waals surface area contributed by atoms with Crippen molar-refractivity contribution < 1.29 is 4.79 Å². The van der Waals surface area contributed by atoms with Gasteiger partial charge in [-0.1, -0.05) is 11.6 Å². The fraction of sp³-hybridized carbons (Fsp3) is 0.333. The molecule has 0 bridgehead atoms. The van der Waals surface area contributed by atoms with Gasteiger partial charge in [0.05, 0.1) is 5.56 Å². The molecule has 0 saturated heterocycles. The van der Waals surface area contributed by atoms with Crippen LogP contribution in [0.15, 0.2) is 12.3 Å². The van der Waals surface area contributed by atoms with E-state index in [-0.39, 0.29) is 5.91 Å². The van der Waals surface area contributed by atoms with E-state index in [1.165, 1.54) is 12.3 Å². The van der Waals surface area contributed by atoms with Crippen molar-refractivity contribution in [3.8, 4) is 0 Å². The second kappa shape index (κ2) is 3.46. The van der Waals surface area contributed by atoms with Crippen molar-refractivity contribution >= 4 is 23.2 Å². The highest BCUT2D eigenvalue weighted by Crippen LogP contribution is 2.21. The molecule has 1 aliphatic carbocycles. The number of aromatic nitrogens is 1. The van der Waals surface area contributed by atoms with Crippen molar-refractivity contribution in [2.75, 3.05) is 5.73 Å². The van der Waals surface area contributed by atoms with Gasteiger partial charge in [-0.2, -0.15) is 0 Å². The quantitative estimate of drug-likeness (QED) is 0.723. The van der Waals surface area contributed by atoms with Crippen LogP contribution in [0.3, 0.4) is 0 Å². The maximum absolute atomic E-state index is 11.6. The lowest BCUT2D eigenvalue weighted by Gasteiger charge is -2.05. The van der Waals surface area contributed by atoms with Crippen molar-refractivity contribution in [3.63, 3.8) is 0 Å². The Bertz CT molecular complexity index is 376. The van der Waals surface area contributed by atoms with Gasteiger partial charge in [0.15, 0.2) is 0 Å². The molecule has 1 saturated carbocycles. The second-order valence-corrected chi connectivity index (χ2v) is 3.73. The van der Waals surface area contributed by atoms with E-state index >= 15 is 0 Å². The molecule has 1 aromatic rings. The van der Waals surface area contributed by atoms with Crippen LogP contribution in [-0.4, -0.2) is 16.9 Å². The van der Waals surface area contributed by atoms with Crippen LogP contribution in [0.1, 0.15) is 23.2 Å². The zero-order valence-corrected chi connectivity index (χ0v) is 8.21. The standard InChI is InChI=1S/C9H10ClN3O/c10-8-3-7(11)6(4-12-8)9(14)13-5-1-2-5/h3-5H,1-2H2,(H2,11,12)(H,13,14). The summed E-state index contributed by atoms with van der Waals surface area (Å²) in [5.74, 6) is -0.172. The summed E-state index contributed by atoms with van der Waals surface area (Å²) in [6, 6.07) is 1.79. The summed E-state index contributed by atoms with van der Waals surface area (Å²) in [5.41, 5.74) is 6.39. The van der Waals surface area contributed by atoms with Crippen LogP contribution in [0.25, 0.3) is 0 Å². The van der Waals surface area contributed by atoms with Crippen LogP contribution in [-0.2, 0) is 0 Å². The highest BCUT2D eigenvalue weighted by atomic mass is 35.5. The van der Waals surface area contributed by atoms with Crippen molar-refractivity contribution in [1.29, 1.82) is 0 Å². The third-order valence-electron chi connectivity index (χ3n) is 2.06. The number of hydrogen-bond acceptors (Lipinski definition) is 3. The third-order valence-corrected chi connectivity index (χ3v) is 2.27. The first-order valence-electron chi connectivity index (χ1n) is 4.38. The van der Waals surface area contributed by atoms with Gasteiger partial charge in [-0.15, -0.1) is 0 Å². The molecule has 0 atom stereocenters. The number of halogens is 1. The molecule has 74 valence electrons. The van der Waals surface area contributed by atoms with Crippen molar-refractivity contribution in [3.05, 3.63) is 23.0 Å². The Morgan fingerprint density at radius 2 is 2.36 bits per heavy atom. The van der Waals surface area contributed by atoms with Crippen LogP contribution in [0, 0.1) is 0 Å². The summed E-state index contributed by atoms with van der Waals surface area (Å²) in [7, 11) is 0. The van der Waals surface area contributed by atoms with Crippen LogP contribution >= 0.6 is 11.6 Å². The van der Waals surface area contributed by atoms with E-state index in [4.69, 9.17) is 17.3 Å². The molecule has 5 heteroatoms. The van der Waals surface area contributed by atoms with Gasteiger partial charge >= 0.3 is 0 Å². The van der Waals surface area contributed by atoms with Crippen LogP contribution < -0.4 is 11.1 Å². The predicted molar refractivity (Wildman–Crippen MR) is 54.1 cm³/mol. The Kier molecular flexibility index (Phi) is 2.29. The first-order valence-corrected chi connectivity index (χ1v) is 4.76. The predicted octanol–water partition coefficient (Wildman–Crippen LogP) is 1.21. The molecule has 14 heavy (non-hydrogen) atoms. The Labute approximate surface area is 86.5 Å². The number of nitrogens with one attached hydrogen (secondary N) is 1. The van der Waals surface area contributed by atoms with Gasteiger partial charge in [-0.25, -0.2) is 4.98 Å². The molecule has 1 amide bonds. The zero-order valence-electron chi connectivity index (χ0n) is 7.46. The molecule has 1 aromatic heterocycles. The molecular weight excluding hydrogens is 202 g/mol. The summed E-state index contributed by atoms with van der Waals surface area (Å²) in [5, 5.41) is 3.13. The number of amides is 1. The van der Waals surface area contributed by atoms with Gasteiger partial charge < -0.3 is 11.1 Å². The Hall–Kier alpha value is -1.29. The molecular formula is C9H10ClN3O. The van der Waals surface area contributed by atoms with E-state index < -0.39 is 0 Å². The van der Waals surface area contributed by atoms with Crippen LogP contribution in [0.2, 0.25) is 5.15 Å².